The number of aliphatic carboxylic acids is 1. The second-order valence-corrected chi connectivity index (χ2v) is 8.44. The Kier molecular flexibility index (Phi) is 8.99. The first kappa shape index (κ1) is 22.4. The van der Waals surface area contributed by atoms with Gasteiger partial charge in [-0.05, 0) is 36.6 Å². The van der Waals surface area contributed by atoms with Crippen LogP contribution in [0.15, 0.2) is 29.2 Å². The molecule has 1 aliphatic rings. The molecule has 1 N–H and O–H groups in total. The number of carboxylic acids is 1. The lowest BCUT2D eigenvalue weighted by atomic mass is 10.1. The van der Waals surface area contributed by atoms with Crippen LogP contribution in [-0.4, -0.2) is 45.8 Å². The van der Waals surface area contributed by atoms with Gasteiger partial charge in [-0.15, -0.1) is 0 Å². The summed E-state index contributed by atoms with van der Waals surface area (Å²) in [6.45, 7) is 6.62. The number of benzene rings is 1. The van der Waals surface area contributed by atoms with E-state index in [1.54, 1.807) is 0 Å². The molecule has 1 heterocycles. The quantitative estimate of drug-likeness (QED) is 0.411. The smallest absolute Gasteiger partial charge is 0.305 e. The first-order valence-electron chi connectivity index (χ1n) is 9.78. The number of amides is 1. The Morgan fingerprint density at radius 3 is 2.32 bits per heavy atom. The van der Waals surface area contributed by atoms with Crippen LogP contribution in [0.25, 0.3) is 6.08 Å². The number of anilines is 1. The van der Waals surface area contributed by atoms with Crippen LogP contribution >= 0.6 is 24.0 Å². The minimum atomic E-state index is -0.940. The van der Waals surface area contributed by atoms with Gasteiger partial charge in [-0.3, -0.25) is 14.5 Å². The van der Waals surface area contributed by atoms with Crippen molar-refractivity contribution in [2.24, 2.45) is 0 Å². The van der Waals surface area contributed by atoms with Gasteiger partial charge in [-0.25, -0.2) is 0 Å². The second kappa shape index (κ2) is 11.2. The zero-order valence-electron chi connectivity index (χ0n) is 16.5. The van der Waals surface area contributed by atoms with E-state index in [-0.39, 0.29) is 18.9 Å². The molecule has 28 heavy (non-hydrogen) atoms. The van der Waals surface area contributed by atoms with Crippen LogP contribution in [0.5, 0.6) is 0 Å². The van der Waals surface area contributed by atoms with Gasteiger partial charge in [0.05, 0.1) is 11.3 Å². The van der Waals surface area contributed by atoms with E-state index in [1.807, 2.05) is 18.2 Å². The number of hydrogen-bond donors (Lipinski definition) is 1. The molecule has 0 spiro atoms. The van der Waals surface area contributed by atoms with Crippen molar-refractivity contribution in [3.8, 4) is 0 Å². The minimum absolute atomic E-state index is 0.111. The zero-order valence-corrected chi connectivity index (χ0v) is 18.2. The highest BCUT2D eigenvalue weighted by molar-refractivity contribution is 8.26. The van der Waals surface area contributed by atoms with Crippen molar-refractivity contribution in [1.29, 1.82) is 0 Å². The Hall–Kier alpha value is -1.86. The maximum Gasteiger partial charge on any atom is 0.305 e. The molecule has 1 aromatic rings. The molecule has 0 aromatic heterocycles. The van der Waals surface area contributed by atoms with E-state index in [4.69, 9.17) is 17.3 Å². The van der Waals surface area contributed by atoms with Crippen molar-refractivity contribution < 1.29 is 14.7 Å². The van der Waals surface area contributed by atoms with Crippen LogP contribution in [0.3, 0.4) is 0 Å². The van der Waals surface area contributed by atoms with Crippen molar-refractivity contribution in [3.05, 3.63) is 34.7 Å². The van der Waals surface area contributed by atoms with Crippen LogP contribution in [0.1, 0.15) is 51.5 Å². The first-order valence-corrected chi connectivity index (χ1v) is 11.0. The number of thiocarbonyl (C=S) groups is 1. The fraction of sp³-hybridized carbons (Fsp3) is 0.476. The average molecular weight is 421 g/mol. The number of hydrogen-bond acceptors (Lipinski definition) is 5. The molecular weight excluding hydrogens is 392 g/mol. The summed E-state index contributed by atoms with van der Waals surface area (Å²) < 4.78 is 0.416. The molecule has 2 rings (SSSR count). The average Bonchev–Trinajstić information content (AvgIpc) is 2.94. The van der Waals surface area contributed by atoms with Crippen LogP contribution < -0.4 is 4.90 Å². The number of carbonyl (C=O) groups excluding carboxylic acids is 1. The summed E-state index contributed by atoms with van der Waals surface area (Å²) in [4.78, 5) is 27.6. The predicted octanol–water partition coefficient (Wildman–Crippen LogP) is 4.77. The molecule has 0 bridgehead atoms. The van der Waals surface area contributed by atoms with Crippen LogP contribution in [0, 0.1) is 0 Å². The fourth-order valence-electron chi connectivity index (χ4n) is 2.90. The van der Waals surface area contributed by atoms with E-state index < -0.39 is 5.97 Å². The van der Waals surface area contributed by atoms with Gasteiger partial charge >= 0.3 is 5.97 Å². The predicted molar refractivity (Wildman–Crippen MR) is 121 cm³/mol. The maximum atomic E-state index is 12.5. The summed E-state index contributed by atoms with van der Waals surface area (Å²) in [5, 5.41) is 8.82. The summed E-state index contributed by atoms with van der Waals surface area (Å²) >= 11 is 6.45. The monoisotopic (exact) mass is 420 g/mol. The lowest BCUT2D eigenvalue weighted by molar-refractivity contribution is -0.137. The number of carbonyl (C=O) groups is 2. The Labute approximate surface area is 176 Å². The first-order chi connectivity index (χ1) is 13.5. The minimum Gasteiger partial charge on any atom is -0.481 e. The second-order valence-electron chi connectivity index (χ2n) is 6.76. The molecule has 0 saturated carbocycles. The highest BCUT2D eigenvalue weighted by Crippen LogP contribution is 2.32. The van der Waals surface area contributed by atoms with E-state index in [1.165, 1.54) is 48.0 Å². The standard InChI is InChI=1S/C21H28N2O3S2/c1-3-5-12-22(13-6-4-2)17-9-7-16(8-10-17)15-18-20(26)23(21(27)28-18)14-11-19(24)25/h7-10,15H,3-6,11-14H2,1-2H3,(H,24,25). The van der Waals surface area contributed by atoms with Gasteiger partial charge in [0.1, 0.15) is 4.32 Å². The van der Waals surface area contributed by atoms with Crippen molar-refractivity contribution in [1.82, 2.24) is 4.90 Å². The van der Waals surface area contributed by atoms with E-state index in [9.17, 15) is 9.59 Å². The van der Waals surface area contributed by atoms with E-state index in [0.717, 1.165) is 18.7 Å². The van der Waals surface area contributed by atoms with Crippen LogP contribution in [-0.2, 0) is 9.59 Å². The third kappa shape index (κ3) is 6.34. The lowest BCUT2D eigenvalue weighted by Gasteiger charge is -2.24. The fourth-order valence-corrected chi connectivity index (χ4v) is 4.21. The van der Waals surface area contributed by atoms with Crippen LogP contribution in [0.4, 0.5) is 5.69 Å². The molecule has 5 nitrogen and oxygen atoms in total. The third-order valence-electron chi connectivity index (χ3n) is 4.54. The van der Waals surface area contributed by atoms with Gasteiger partial charge in [0.2, 0.25) is 0 Å². The van der Waals surface area contributed by atoms with Crippen molar-refractivity contribution in [3.63, 3.8) is 0 Å². The molecule has 0 aliphatic carbocycles. The molecular formula is C21H28N2O3S2. The highest BCUT2D eigenvalue weighted by Gasteiger charge is 2.32. The maximum absolute atomic E-state index is 12.5. The molecule has 0 atom stereocenters. The Bertz CT molecular complexity index is 724. The van der Waals surface area contributed by atoms with E-state index in [0.29, 0.717) is 9.23 Å². The summed E-state index contributed by atoms with van der Waals surface area (Å²) in [6, 6.07) is 8.23. The van der Waals surface area contributed by atoms with E-state index in [2.05, 4.69) is 30.9 Å². The molecule has 0 unspecified atom stereocenters. The Morgan fingerprint density at radius 2 is 1.79 bits per heavy atom. The van der Waals surface area contributed by atoms with Crippen molar-refractivity contribution in [2.75, 3.05) is 24.5 Å². The number of carboxylic acid groups (broad SMARTS) is 1. The van der Waals surface area contributed by atoms with Gasteiger partial charge < -0.3 is 10.0 Å². The third-order valence-corrected chi connectivity index (χ3v) is 5.92. The molecule has 1 aromatic carbocycles. The summed E-state index contributed by atoms with van der Waals surface area (Å²) in [7, 11) is 0. The van der Waals surface area contributed by atoms with E-state index >= 15 is 0 Å². The molecule has 0 radical (unpaired) electrons. The number of rotatable bonds is 11. The summed E-state index contributed by atoms with van der Waals surface area (Å²) in [5.74, 6) is -1.16. The Balaban J connectivity index is 2.08. The Morgan fingerprint density at radius 1 is 1.18 bits per heavy atom. The van der Waals surface area contributed by atoms with Gasteiger partial charge in [-0.1, -0.05) is 62.8 Å². The van der Waals surface area contributed by atoms with Crippen LogP contribution in [0.2, 0.25) is 0 Å². The summed E-state index contributed by atoms with van der Waals surface area (Å²) in [6.07, 6.45) is 6.40. The van der Waals surface area contributed by atoms with Gasteiger partial charge in [-0.2, -0.15) is 0 Å². The number of nitrogens with zero attached hydrogens (tertiary/aromatic N) is 2. The topological polar surface area (TPSA) is 60.9 Å². The molecule has 152 valence electrons. The largest absolute Gasteiger partial charge is 0.481 e. The van der Waals surface area contributed by atoms with Gasteiger partial charge in [0.25, 0.3) is 5.91 Å². The van der Waals surface area contributed by atoms with Gasteiger partial charge in [0.15, 0.2) is 0 Å². The SMILES string of the molecule is CCCCN(CCCC)c1ccc(C=C2SC(=S)N(CCC(=O)O)C2=O)cc1. The molecule has 1 saturated heterocycles. The normalized spacial score (nSPS) is 15.5. The summed E-state index contributed by atoms with van der Waals surface area (Å²) in [5.41, 5.74) is 2.14. The molecule has 1 amide bonds. The zero-order chi connectivity index (χ0) is 20.5. The lowest BCUT2D eigenvalue weighted by Crippen LogP contribution is -2.30. The van der Waals surface area contributed by atoms with Crippen molar-refractivity contribution >= 4 is 51.9 Å². The van der Waals surface area contributed by atoms with Gasteiger partial charge in [0, 0.05) is 25.3 Å². The van der Waals surface area contributed by atoms with Crippen molar-refractivity contribution in [2.45, 2.75) is 46.0 Å². The number of unbranched alkanes of at least 4 members (excludes halogenated alkanes) is 2. The number of thioether (sulfide) groups is 1. The molecule has 1 fully saturated rings. The highest BCUT2D eigenvalue weighted by atomic mass is 32.2. The molecule has 7 heteroatoms. The molecule has 1 aliphatic heterocycles.